The SMILES string of the molecule is O=C(C1CC2CCC1N2)N1CCc2sccc2C1. The predicted molar refractivity (Wildman–Crippen MR) is 71.5 cm³/mol. The second-order valence-electron chi connectivity index (χ2n) is 5.77. The Morgan fingerprint density at radius 3 is 3.17 bits per heavy atom. The standard InChI is InChI=1S/C14H18N2OS/c17-14(11-7-10-1-2-12(11)15-10)16-5-3-13-9(8-16)4-6-18-13/h4,6,10-12,15H,1-3,5,7-8H2. The van der Waals surface area contributed by atoms with Gasteiger partial charge in [-0.15, -0.1) is 11.3 Å². The van der Waals surface area contributed by atoms with Crippen LogP contribution in [0.2, 0.25) is 0 Å². The Bertz CT molecular complexity index is 484. The Balaban J connectivity index is 1.50. The fraction of sp³-hybridized carbons (Fsp3) is 0.643. The van der Waals surface area contributed by atoms with Crippen LogP contribution in [0.4, 0.5) is 0 Å². The molecule has 1 aromatic rings. The van der Waals surface area contributed by atoms with Crippen molar-refractivity contribution < 1.29 is 4.79 Å². The third-order valence-electron chi connectivity index (χ3n) is 4.74. The van der Waals surface area contributed by atoms with Crippen molar-refractivity contribution in [1.82, 2.24) is 10.2 Å². The quantitative estimate of drug-likeness (QED) is 0.836. The molecule has 0 aromatic carbocycles. The largest absolute Gasteiger partial charge is 0.338 e. The Kier molecular flexibility index (Phi) is 2.49. The van der Waals surface area contributed by atoms with Crippen molar-refractivity contribution >= 4 is 17.2 Å². The van der Waals surface area contributed by atoms with E-state index in [2.05, 4.69) is 21.7 Å². The van der Waals surface area contributed by atoms with Crippen molar-refractivity contribution in [2.45, 2.75) is 44.3 Å². The van der Waals surface area contributed by atoms with Gasteiger partial charge in [0.15, 0.2) is 0 Å². The van der Waals surface area contributed by atoms with Crippen LogP contribution in [0.5, 0.6) is 0 Å². The van der Waals surface area contributed by atoms with Crippen LogP contribution in [-0.2, 0) is 17.8 Å². The van der Waals surface area contributed by atoms with Crippen molar-refractivity contribution in [3.63, 3.8) is 0 Å². The molecule has 4 heterocycles. The van der Waals surface area contributed by atoms with Gasteiger partial charge in [-0.05, 0) is 42.7 Å². The molecule has 2 fully saturated rings. The van der Waals surface area contributed by atoms with Crippen LogP contribution in [-0.4, -0.2) is 29.4 Å². The monoisotopic (exact) mass is 262 g/mol. The molecule has 18 heavy (non-hydrogen) atoms. The molecule has 3 unspecified atom stereocenters. The maximum Gasteiger partial charge on any atom is 0.227 e. The van der Waals surface area contributed by atoms with Crippen LogP contribution in [0.1, 0.15) is 29.7 Å². The van der Waals surface area contributed by atoms with E-state index in [1.807, 2.05) is 11.3 Å². The first-order valence-corrected chi connectivity index (χ1v) is 7.79. The van der Waals surface area contributed by atoms with Gasteiger partial charge >= 0.3 is 0 Å². The summed E-state index contributed by atoms with van der Waals surface area (Å²) in [7, 11) is 0. The third kappa shape index (κ3) is 1.62. The van der Waals surface area contributed by atoms with E-state index in [0.29, 0.717) is 18.0 Å². The normalized spacial score (nSPS) is 33.8. The molecule has 0 spiro atoms. The van der Waals surface area contributed by atoms with Crippen molar-refractivity contribution in [2.24, 2.45) is 5.92 Å². The highest BCUT2D eigenvalue weighted by Gasteiger charge is 2.44. The van der Waals surface area contributed by atoms with E-state index >= 15 is 0 Å². The van der Waals surface area contributed by atoms with Gasteiger partial charge in [0.1, 0.15) is 0 Å². The average Bonchev–Trinajstić information content (AvgIpc) is 3.12. The van der Waals surface area contributed by atoms with Gasteiger partial charge in [-0.1, -0.05) is 0 Å². The first kappa shape index (κ1) is 11.0. The Morgan fingerprint density at radius 2 is 2.39 bits per heavy atom. The third-order valence-corrected chi connectivity index (χ3v) is 5.76. The molecule has 3 nitrogen and oxygen atoms in total. The van der Waals surface area contributed by atoms with E-state index in [9.17, 15) is 4.79 Å². The van der Waals surface area contributed by atoms with Crippen LogP contribution < -0.4 is 5.32 Å². The lowest BCUT2D eigenvalue weighted by Crippen LogP contribution is -2.43. The summed E-state index contributed by atoms with van der Waals surface area (Å²) in [5.41, 5.74) is 1.37. The zero-order valence-corrected chi connectivity index (χ0v) is 11.2. The number of carbonyl (C=O) groups excluding carboxylic acids is 1. The number of fused-ring (bicyclic) bond motifs is 3. The number of amides is 1. The number of thiophene rings is 1. The molecule has 0 radical (unpaired) electrons. The van der Waals surface area contributed by atoms with E-state index in [1.165, 1.54) is 23.3 Å². The molecule has 96 valence electrons. The number of nitrogens with zero attached hydrogens (tertiary/aromatic N) is 1. The molecule has 4 rings (SSSR count). The molecule has 0 aliphatic carbocycles. The first-order valence-electron chi connectivity index (χ1n) is 6.91. The summed E-state index contributed by atoms with van der Waals surface area (Å²) in [4.78, 5) is 16.2. The highest BCUT2D eigenvalue weighted by atomic mass is 32.1. The van der Waals surface area contributed by atoms with Gasteiger partial charge in [-0.3, -0.25) is 4.79 Å². The molecule has 2 bridgehead atoms. The summed E-state index contributed by atoms with van der Waals surface area (Å²) in [6.45, 7) is 1.76. The van der Waals surface area contributed by atoms with Gasteiger partial charge in [-0.25, -0.2) is 0 Å². The van der Waals surface area contributed by atoms with Crippen LogP contribution in [0.15, 0.2) is 11.4 Å². The van der Waals surface area contributed by atoms with Crippen molar-refractivity contribution in [3.05, 3.63) is 21.9 Å². The molecule has 4 heteroatoms. The van der Waals surface area contributed by atoms with Gasteiger partial charge in [0.2, 0.25) is 5.91 Å². The fourth-order valence-electron chi connectivity index (χ4n) is 3.77. The minimum Gasteiger partial charge on any atom is -0.338 e. The van der Waals surface area contributed by atoms with E-state index in [4.69, 9.17) is 0 Å². The van der Waals surface area contributed by atoms with Gasteiger partial charge < -0.3 is 10.2 Å². The van der Waals surface area contributed by atoms with E-state index in [0.717, 1.165) is 25.9 Å². The summed E-state index contributed by atoms with van der Waals surface area (Å²) in [5.74, 6) is 0.649. The first-order chi connectivity index (χ1) is 8.81. The number of hydrogen-bond acceptors (Lipinski definition) is 3. The number of hydrogen-bond donors (Lipinski definition) is 1. The highest BCUT2D eigenvalue weighted by molar-refractivity contribution is 7.10. The Morgan fingerprint density at radius 1 is 1.44 bits per heavy atom. The number of nitrogens with one attached hydrogen (secondary N) is 1. The molecule has 2 saturated heterocycles. The van der Waals surface area contributed by atoms with E-state index in [1.54, 1.807) is 0 Å². The van der Waals surface area contributed by atoms with Gasteiger partial charge in [-0.2, -0.15) is 0 Å². The lowest BCUT2D eigenvalue weighted by Gasteiger charge is -2.31. The lowest BCUT2D eigenvalue weighted by atomic mass is 9.87. The number of carbonyl (C=O) groups is 1. The molecule has 1 aromatic heterocycles. The van der Waals surface area contributed by atoms with Crippen molar-refractivity contribution in [1.29, 1.82) is 0 Å². The van der Waals surface area contributed by atoms with Crippen molar-refractivity contribution in [3.8, 4) is 0 Å². The summed E-state index contributed by atoms with van der Waals surface area (Å²) in [5, 5.41) is 5.72. The lowest BCUT2D eigenvalue weighted by molar-refractivity contribution is -0.137. The minimum atomic E-state index is 0.254. The zero-order valence-electron chi connectivity index (χ0n) is 10.4. The molecular weight excluding hydrogens is 244 g/mol. The molecule has 3 atom stereocenters. The maximum absolute atomic E-state index is 12.6. The second-order valence-corrected chi connectivity index (χ2v) is 6.77. The molecule has 3 aliphatic heterocycles. The van der Waals surface area contributed by atoms with E-state index < -0.39 is 0 Å². The summed E-state index contributed by atoms with van der Waals surface area (Å²) in [6, 6.07) is 3.26. The van der Waals surface area contributed by atoms with Crippen molar-refractivity contribution in [2.75, 3.05) is 6.54 Å². The average molecular weight is 262 g/mol. The predicted octanol–water partition coefficient (Wildman–Crippen LogP) is 1.77. The topological polar surface area (TPSA) is 32.3 Å². The summed E-state index contributed by atoms with van der Waals surface area (Å²) in [6.07, 6.45) is 4.57. The van der Waals surface area contributed by atoms with E-state index in [-0.39, 0.29) is 5.92 Å². The summed E-state index contributed by atoms with van der Waals surface area (Å²) < 4.78 is 0. The number of rotatable bonds is 1. The molecule has 1 amide bonds. The van der Waals surface area contributed by atoms with Gasteiger partial charge in [0.05, 0.1) is 5.92 Å². The van der Waals surface area contributed by atoms with Gasteiger partial charge in [0, 0.05) is 30.1 Å². The van der Waals surface area contributed by atoms with Crippen LogP contribution in [0.25, 0.3) is 0 Å². The fourth-order valence-corrected chi connectivity index (χ4v) is 4.66. The minimum absolute atomic E-state index is 0.254. The molecule has 0 saturated carbocycles. The molecule has 1 N–H and O–H groups in total. The second kappa shape index (κ2) is 4.07. The van der Waals surface area contributed by atoms with Crippen LogP contribution in [0, 0.1) is 5.92 Å². The van der Waals surface area contributed by atoms with Crippen LogP contribution in [0.3, 0.4) is 0 Å². The summed E-state index contributed by atoms with van der Waals surface area (Å²) >= 11 is 1.83. The maximum atomic E-state index is 12.6. The highest BCUT2D eigenvalue weighted by Crippen LogP contribution is 2.35. The Hall–Kier alpha value is -0.870. The zero-order chi connectivity index (χ0) is 12.1. The molecular formula is C14H18N2OS. The smallest absolute Gasteiger partial charge is 0.227 e. The van der Waals surface area contributed by atoms with Gasteiger partial charge in [0.25, 0.3) is 0 Å². The van der Waals surface area contributed by atoms with Crippen LogP contribution >= 0.6 is 11.3 Å². The molecule has 3 aliphatic rings. The Labute approximate surface area is 111 Å².